The Morgan fingerprint density at radius 2 is 1.79 bits per heavy atom. The van der Waals surface area contributed by atoms with Crippen LogP contribution in [0, 0.1) is 11.3 Å². The molecular weight excluding hydrogens is 328 g/mol. The number of hydrogen-bond acceptors (Lipinski definition) is 4. The van der Waals surface area contributed by atoms with Crippen LogP contribution in [0.5, 0.6) is 0 Å². The zero-order chi connectivity index (χ0) is 17.6. The number of carboxylic acid groups (broad SMARTS) is 1. The van der Waals surface area contributed by atoms with Crippen molar-refractivity contribution in [1.82, 2.24) is 4.72 Å². The van der Waals surface area contributed by atoms with E-state index in [0.29, 0.717) is 5.56 Å². The van der Waals surface area contributed by atoms with E-state index in [-0.39, 0.29) is 29.8 Å². The summed E-state index contributed by atoms with van der Waals surface area (Å²) in [4.78, 5) is 11.2. The fourth-order valence-corrected chi connectivity index (χ4v) is 3.26. The molecule has 0 heterocycles. The number of sulfonamides is 1. The van der Waals surface area contributed by atoms with Crippen LogP contribution < -0.4 is 4.72 Å². The Balaban J connectivity index is 2.03. The average molecular weight is 344 g/mol. The van der Waals surface area contributed by atoms with E-state index in [4.69, 9.17) is 10.4 Å². The van der Waals surface area contributed by atoms with Crippen LogP contribution in [0.4, 0.5) is 0 Å². The molecule has 7 heteroatoms. The van der Waals surface area contributed by atoms with Crippen molar-refractivity contribution in [3.05, 3.63) is 65.2 Å². The Labute approximate surface area is 140 Å². The molecule has 2 aromatic carbocycles. The molecule has 6 nitrogen and oxygen atoms in total. The monoisotopic (exact) mass is 344 g/mol. The van der Waals surface area contributed by atoms with E-state index in [2.05, 4.69) is 4.72 Å². The van der Waals surface area contributed by atoms with Gasteiger partial charge in [-0.2, -0.15) is 5.26 Å². The number of carboxylic acids is 1. The SMILES string of the molecule is N#CCc1ccc(S(=O)(=O)NCCc2ccccc2C(=O)O)cc1. The quantitative estimate of drug-likeness (QED) is 0.798. The highest BCUT2D eigenvalue weighted by atomic mass is 32.2. The number of aromatic carboxylic acids is 1. The summed E-state index contributed by atoms with van der Waals surface area (Å²) in [6, 6.07) is 14.6. The third-order valence-electron chi connectivity index (χ3n) is 3.45. The molecule has 0 aliphatic carbocycles. The molecular formula is C17H16N2O4S. The van der Waals surface area contributed by atoms with Crippen LogP contribution in [0.15, 0.2) is 53.4 Å². The minimum Gasteiger partial charge on any atom is -0.478 e. The zero-order valence-corrected chi connectivity index (χ0v) is 13.6. The van der Waals surface area contributed by atoms with Crippen LogP contribution in [0.1, 0.15) is 21.5 Å². The maximum Gasteiger partial charge on any atom is 0.335 e. The van der Waals surface area contributed by atoms with E-state index in [1.165, 1.54) is 18.2 Å². The molecule has 2 aromatic rings. The van der Waals surface area contributed by atoms with Gasteiger partial charge in [0, 0.05) is 6.54 Å². The van der Waals surface area contributed by atoms with Crippen LogP contribution in [-0.4, -0.2) is 26.0 Å². The molecule has 2 rings (SSSR count). The van der Waals surface area contributed by atoms with E-state index >= 15 is 0 Å². The molecule has 0 bridgehead atoms. The standard InChI is InChI=1S/C17H16N2O4S/c18-11-9-13-5-7-15(8-6-13)24(22,23)19-12-10-14-3-1-2-4-16(14)17(20)21/h1-8,19H,9-10,12H2,(H,20,21). The second-order valence-corrected chi connectivity index (χ2v) is 6.86. The molecule has 0 aliphatic heterocycles. The molecule has 124 valence electrons. The first-order chi connectivity index (χ1) is 11.4. The van der Waals surface area contributed by atoms with Crippen LogP contribution in [0.3, 0.4) is 0 Å². The van der Waals surface area contributed by atoms with Crippen molar-refractivity contribution in [3.8, 4) is 6.07 Å². The molecule has 2 N–H and O–H groups in total. The first kappa shape index (κ1) is 17.7. The van der Waals surface area contributed by atoms with Crippen molar-refractivity contribution in [2.24, 2.45) is 0 Å². The lowest BCUT2D eigenvalue weighted by Crippen LogP contribution is -2.26. The summed E-state index contributed by atoms with van der Waals surface area (Å²) in [5, 5.41) is 17.7. The van der Waals surface area contributed by atoms with Crippen LogP contribution >= 0.6 is 0 Å². The molecule has 0 radical (unpaired) electrons. The summed E-state index contributed by atoms with van der Waals surface area (Å²) >= 11 is 0. The van der Waals surface area contributed by atoms with Crippen LogP contribution in [0.2, 0.25) is 0 Å². The van der Waals surface area contributed by atoms with Crippen molar-refractivity contribution in [2.75, 3.05) is 6.54 Å². The highest BCUT2D eigenvalue weighted by Crippen LogP contribution is 2.12. The van der Waals surface area contributed by atoms with E-state index in [0.717, 1.165) is 5.56 Å². The first-order valence-electron chi connectivity index (χ1n) is 7.21. The Bertz CT molecular complexity index is 868. The lowest BCUT2D eigenvalue weighted by Gasteiger charge is -2.09. The van der Waals surface area contributed by atoms with Gasteiger partial charge in [0.05, 0.1) is 22.9 Å². The van der Waals surface area contributed by atoms with Crippen molar-refractivity contribution in [1.29, 1.82) is 5.26 Å². The second-order valence-electron chi connectivity index (χ2n) is 5.09. The van der Waals surface area contributed by atoms with E-state index in [1.54, 1.807) is 30.3 Å². The maximum absolute atomic E-state index is 12.2. The fourth-order valence-electron chi connectivity index (χ4n) is 2.23. The summed E-state index contributed by atoms with van der Waals surface area (Å²) in [6.45, 7) is 0.0899. The van der Waals surface area contributed by atoms with Gasteiger partial charge in [-0.25, -0.2) is 17.9 Å². The molecule has 0 saturated heterocycles. The predicted molar refractivity (Wildman–Crippen MR) is 88.1 cm³/mol. The molecule has 0 amide bonds. The minimum absolute atomic E-state index is 0.0899. The van der Waals surface area contributed by atoms with Crippen LogP contribution in [0.25, 0.3) is 0 Å². The highest BCUT2D eigenvalue weighted by molar-refractivity contribution is 7.89. The molecule has 0 atom stereocenters. The maximum atomic E-state index is 12.2. The number of carbonyl (C=O) groups is 1. The Morgan fingerprint density at radius 3 is 2.42 bits per heavy atom. The van der Waals surface area contributed by atoms with Gasteiger partial charge in [0.25, 0.3) is 0 Å². The Hall–Kier alpha value is -2.69. The van der Waals surface area contributed by atoms with Crippen molar-refractivity contribution < 1.29 is 18.3 Å². The average Bonchev–Trinajstić information content (AvgIpc) is 2.56. The smallest absolute Gasteiger partial charge is 0.335 e. The van der Waals surface area contributed by atoms with Gasteiger partial charge in [-0.1, -0.05) is 30.3 Å². The molecule has 0 saturated carbocycles. The normalized spacial score (nSPS) is 11.0. The van der Waals surface area contributed by atoms with Gasteiger partial charge in [0.1, 0.15) is 0 Å². The van der Waals surface area contributed by atoms with Gasteiger partial charge >= 0.3 is 5.97 Å². The molecule has 0 unspecified atom stereocenters. The Kier molecular flexibility index (Phi) is 5.68. The van der Waals surface area contributed by atoms with E-state index in [1.807, 2.05) is 6.07 Å². The number of benzene rings is 2. The third-order valence-corrected chi connectivity index (χ3v) is 4.93. The summed E-state index contributed by atoms with van der Waals surface area (Å²) in [6.07, 6.45) is 0.494. The summed E-state index contributed by atoms with van der Waals surface area (Å²) < 4.78 is 26.9. The fraction of sp³-hybridized carbons (Fsp3) is 0.176. The summed E-state index contributed by atoms with van der Waals surface area (Å²) in [5.74, 6) is -1.04. The molecule has 24 heavy (non-hydrogen) atoms. The summed E-state index contributed by atoms with van der Waals surface area (Å²) in [5.41, 5.74) is 1.47. The third kappa shape index (κ3) is 4.41. The topological polar surface area (TPSA) is 107 Å². The largest absolute Gasteiger partial charge is 0.478 e. The number of nitriles is 1. The van der Waals surface area contributed by atoms with E-state index < -0.39 is 16.0 Å². The second kappa shape index (κ2) is 7.73. The van der Waals surface area contributed by atoms with Gasteiger partial charge in [0.2, 0.25) is 10.0 Å². The number of rotatable bonds is 7. The molecule has 0 fully saturated rings. The van der Waals surface area contributed by atoms with E-state index in [9.17, 15) is 13.2 Å². The molecule has 0 aromatic heterocycles. The zero-order valence-electron chi connectivity index (χ0n) is 12.8. The van der Waals surface area contributed by atoms with Crippen molar-refractivity contribution in [2.45, 2.75) is 17.7 Å². The van der Waals surface area contributed by atoms with Gasteiger partial charge < -0.3 is 5.11 Å². The minimum atomic E-state index is -3.68. The predicted octanol–water partition coefficient (Wildman–Crippen LogP) is 1.97. The van der Waals surface area contributed by atoms with Crippen LogP contribution in [-0.2, 0) is 22.9 Å². The van der Waals surface area contributed by atoms with Gasteiger partial charge in [-0.05, 0) is 35.7 Å². The lowest BCUT2D eigenvalue weighted by atomic mass is 10.1. The summed E-state index contributed by atoms with van der Waals surface area (Å²) in [7, 11) is -3.68. The molecule has 0 aliphatic rings. The number of nitrogens with one attached hydrogen (secondary N) is 1. The molecule has 0 spiro atoms. The van der Waals surface area contributed by atoms with Crippen molar-refractivity contribution >= 4 is 16.0 Å². The van der Waals surface area contributed by atoms with Gasteiger partial charge in [0.15, 0.2) is 0 Å². The lowest BCUT2D eigenvalue weighted by molar-refractivity contribution is 0.0695. The van der Waals surface area contributed by atoms with Crippen molar-refractivity contribution in [3.63, 3.8) is 0 Å². The number of hydrogen-bond donors (Lipinski definition) is 2. The van der Waals surface area contributed by atoms with Gasteiger partial charge in [-0.15, -0.1) is 0 Å². The first-order valence-corrected chi connectivity index (χ1v) is 8.69. The highest BCUT2D eigenvalue weighted by Gasteiger charge is 2.14. The number of nitrogens with zero attached hydrogens (tertiary/aromatic N) is 1. The van der Waals surface area contributed by atoms with Gasteiger partial charge in [-0.3, -0.25) is 0 Å². The Morgan fingerprint density at radius 1 is 1.12 bits per heavy atom.